The van der Waals surface area contributed by atoms with Gasteiger partial charge in [-0.3, -0.25) is 0 Å². The summed E-state index contributed by atoms with van der Waals surface area (Å²) in [4.78, 5) is 2.41. The highest BCUT2D eigenvalue weighted by Crippen LogP contribution is 2.61. The smallest absolute Gasteiger partial charge is 0.0754 e. The highest BCUT2D eigenvalue weighted by atomic mass is 15.2. The van der Waals surface area contributed by atoms with Gasteiger partial charge in [0.15, 0.2) is 0 Å². The number of rotatable bonds is 1. The molecule has 0 bridgehead atoms. The molecule has 0 amide bonds. The second-order valence-electron chi connectivity index (χ2n) is 9.02. The predicted octanol–water partition coefficient (Wildman–Crippen LogP) is 8.23. The van der Waals surface area contributed by atoms with Crippen LogP contribution in [0.3, 0.4) is 0 Å². The Morgan fingerprint density at radius 1 is 0.441 bits per heavy atom. The zero-order chi connectivity index (χ0) is 22.7. The van der Waals surface area contributed by atoms with Crippen molar-refractivity contribution in [1.29, 1.82) is 0 Å². The SMILES string of the molecule is C=C1c2ccccc2C2(c3ccccc31)c1ccccc1N(c1ccccc1)c1ccccc12. The van der Waals surface area contributed by atoms with Gasteiger partial charge in [0, 0.05) is 5.69 Å². The third kappa shape index (κ3) is 2.34. The first-order valence-corrected chi connectivity index (χ1v) is 11.7. The van der Waals surface area contributed by atoms with E-state index in [4.69, 9.17) is 0 Å². The van der Waals surface area contributed by atoms with E-state index in [0.29, 0.717) is 0 Å². The first-order chi connectivity index (χ1) is 16.8. The van der Waals surface area contributed by atoms with Crippen molar-refractivity contribution in [1.82, 2.24) is 0 Å². The quantitative estimate of drug-likeness (QED) is 0.252. The van der Waals surface area contributed by atoms with Crippen molar-refractivity contribution in [2.24, 2.45) is 0 Å². The Bertz CT molecular complexity index is 1480. The van der Waals surface area contributed by atoms with Crippen LogP contribution < -0.4 is 4.90 Å². The lowest BCUT2D eigenvalue weighted by Crippen LogP contribution is -2.40. The number of para-hydroxylation sites is 3. The van der Waals surface area contributed by atoms with Gasteiger partial charge in [0.2, 0.25) is 0 Å². The summed E-state index contributed by atoms with van der Waals surface area (Å²) in [6.07, 6.45) is 0. The van der Waals surface area contributed by atoms with Crippen LogP contribution in [0, 0.1) is 0 Å². The molecule has 0 unspecified atom stereocenters. The van der Waals surface area contributed by atoms with Crippen molar-refractivity contribution in [2.75, 3.05) is 4.90 Å². The molecule has 1 nitrogen and oxygen atoms in total. The lowest BCUT2D eigenvalue weighted by Gasteiger charge is -2.49. The molecule has 1 aliphatic carbocycles. The number of fused-ring (bicyclic) bond motifs is 8. The minimum atomic E-state index is -0.424. The molecule has 5 aromatic rings. The van der Waals surface area contributed by atoms with Crippen molar-refractivity contribution in [2.45, 2.75) is 5.41 Å². The Morgan fingerprint density at radius 2 is 0.853 bits per heavy atom. The van der Waals surface area contributed by atoms with E-state index in [1.54, 1.807) is 0 Å². The molecule has 1 spiro atoms. The molecule has 1 heterocycles. The topological polar surface area (TPSA) is 3.24 Å². The fraction of sp³-hybridized carbons (Fsp3) is 0.0303. The summed E-state index contributed by atoms with van der Waals surface area (Å²) >= 11 is 0. The van der Waals surface area contributed by atoms with Gasteiger partial charge < -0.3 is 4.90 Å². The summed E-state index contributed by atoms with van der Waals surface area (Å²) in [7, 11) is 0. The number of anilines is 3. The highest BCUT2D eigenvalue weighted by molar-refractivity contribution is 5.95. The Kier molecular flexibility index (Phi) is 3.98. The molecule has 34 heavy (non-hydrogen) atoms. The van der Waals surface area contributed by atoms with Crippen LogP contribution in [-0.4, -0.2) is 0 Å². The zero-order valence-electron chi connectivity index (χ0n) is 18.8. The number of nitrogens with zero attached hydrogens (tertiary/aromatic N) is 1. The van der Waals surface area contributed by atoms with Crippen molar-refractivity contribution in [3.63, 3.8) is 0 Å². The molecule has 0 saturated heterocycles. The largest absolute Gasteiger partial charge is 0.310 e. The molecule has 0 fully saturated rings. The maximum atomic E-state index is 4.54. The average molecular weight is 434 g/mol. The maximum absolute atomic E-state index is 4.54. The molecule has 7 rings (SSSR count). The van der Waals surface area contributed by atoms with Crippen molar-refractivity contribution in [3.8, 4) is 0 Å². The maximum Gasteiger partial charge on any atom is 0.0754 e. The van der Waals surface area contributed by atoms with Gasteiger partial charge in [0.1, 0.15) is 0 Å². The van der Waals surface area contributed by atoms with E-state index in [1.807, 2.05) is 0 Å². The summed E-state index contributed by atoms with van der Waals surface area (Å²) in [5.41, 5.74) is 11.9. The van der Waals surface area contributed by atoms with Gasteiger partial charge in [-0.05, 0) is 63.2 Å². The predicted molar refractivity (Wildman–Crippen MR) is 141 cm³/mol. The van der Waals surface area contributed by atoms with Crippen LogP contribution in [0.5, 0.6) is 0 Å². The summed E-state index contributed by atoms with van der Waals surface area (Å²) in [6.45, 7) is 4.54. The van der Waals surface area contributed by atoms with Crippen LogP contribution in [0.1, 0.15) is 33.4 Å². The molecule has 1 heteroatoms. The van der Waals surface area contributed by atoms with E-state index < -0.39 is 5.41 Å². The number of benzene rings is 5. The lowest BCUT2D eigenvalue weighted by atomic mass is 9.57. The van der Waals surface area contributed by atoms with Gasteiger partial charge in [-0.15, -0.1) is 0 Å². The summed E-state index contributed by atoms with van der Waals surface area (Å²) in [5.74, 6) is 0. The van der Waals surface area contributed by atoms with Crippen LogP contribution in [0.2, 0.25) is 0 Å². The van der Waals surface area contributed by atoms with E-state index in [2.05, 4.69) is 139 Å². The molecule has 160 valence electrons. The van der Waals surface area contributed by atoms with E-state index >= 15 is 0 Å². The van der Waals surface area contributed by atoms with E-state index in [0.717, 1.165) is 5.57 Å². The Hall–Kier alpha value is -4.36. The molecule has 2 aliphatic rings. The number of hydrogen-bond donors (Lipinski definition) is 0. The Morgan fingerprint density at radius 3 is 1.38 bits per heavy atom. The minimum Gasteiger partial charge on any atom is -0.310 e. The summed E-state index contributed by atoms with van der Waals surface area (Å²) < 4.78 is 0. The van der Waals surface area contributed by atoms with Crippen LogP contribution in [0.4, 0.5) is 17.1 Å². The zero-order valence-corrected chi connectivity index (χ0v) is 18.8. The van der Waals surface area contributed by atoms with Crippen molar-refractivity contribution in [3.05, 3.63) is 167 Å². The molecule has 5 aromatic carbocycles. The van der Waals surface area contributed by atoms with Gasteiger partial charge in [-0.1, -0.05) is 110 Å². The third-order valence-electron chi connectivity index (χ3n) is 7.42. The van der Waals surface area contributed by atoms with Gasteiger partial charge >= 0.3 is 0 Å². The van der Waals surface area contributed by atoms with Gasteiger partial charge in [-0.2, -0.15) is 0 Å². The third-order valence-corrected chi connectivity index (χ3v) is 7.42. The van der Waals surface area contributed by atoms with E-state index in [1.165, 1.54) is 50.4 Å². The van der Waals surface area contributed by atoms with Crippen LogP contribution in [-0.2, 0) is 5.41 Å². The van der Waals surface area contributed by atoms with Gasteiger partial charge in [-0.25, -0.2) is 0 Å². The molecule has 0 atom stereocenters. The summed E-state index contributed by atoms with van der Waals surface area (Å²) in [5, 5.41) is 0. The molecule has 1 aliphatic heterocycles. The second-order valence-corrected chi connectivity index (χ2v) is 9.02. The highest BCUT2D eigenvalue weighted by Gasteiger charge is 2.50. The molecule has 0 radical (unpaired) electrons. The molecule has 0 N–H and O–H groups in total. The summed E-state index contributed by atoms with van der Waals surface area (Å²) in [6, 6.07) is 46.1. The van der Waals surface area contributed by atoms with Crippen LogP contribution >= 0.6 is 0 Å². The van der Waals surface area contributed by atoms with Crippen LogP contribution in [0.15, 0.2) is 134 Å². The fourth-order valence-corrected chi connectivity index (χ4v) is 6.12. The minimum absolute atomic E-state index is 0.424. The normalized spacial score (nSPS) is 14.7. The molecule has 0 saturated carbocycles. The molecular formula is C33H23N. The van der Waals surface area contributed by atoms with Gasteiger partial charge in [0.25, 0.3) is 0 Å². The second kappa shape index (κ2) is 7.07. The average Bonchev–Trinajstić information content (AvgIpc) is 2.91. The van der Waals surface area contributed by atoms with Crippen molar-refractivity contribution < 1.29 is 0 Å². The standard InChI is InChI=1S/C33H23N/c1-23-25-15-5-7-17-27(25)33(28-18-8-6-16-26(23)28)29-19-9-11-21-31(29)34(24-13-3-2-4-14-24)32-22-12-10-20-30(32)33/h2-22H,1H2. The monoisotopic (exact) mass is 433 g/mol. The van der Waals surface area contributed by atoms with Crippen molar-refractivity contribution >= 4 is 22.6 Å². The lowest BCUT2D eigenvalue weighted by molar-refractivity contribution is 0.719. The first kappa shape index (κ1) is 19.1. The van der Waals surface area contributed by atoms with E-state index in [-0.39, 0.29) is 0 Å². The van der Waals surface area contributed by atoms with Crippen LogP contribution in [0.25, 0.3) is 5.57 Å². The number of hydrogen-bond acceptors (Lipinski definition) is 1. The molecular weight excluding hydrogens is 410 g/mol. The Labute approximate surface area is 200 Å². The van der Waals surface area contributed by atoms with Gasteiger partial charge in [0.05, 0.1) is 16.8 Å². The molecule has 0 aromatic heterocycles. The van der Waals surface area contributed by atoms with E-state index in [9.17, 15) is 0 Å². The Balaban J connectivity index is 1.69. The fourth-order valence-electron chi connectivity index (χ4n) is 6.12. The first-order valence-electron chi connectivity index (χ1n) is 11.7.